The number of aromatic carboxylic acids is 1. The van der Waals surface area contributed by atoms with Gasteiger partial charge in [0.1, 0.15) is 12.2 Å². The maximum Gasteiger partial charge on any atom is 0.339 e. The van der Waals surface area contributed by atoms with E-state index in [-0.39, 0.29) is 5.56 Å². The van der Waals surface area contributed by atoms with Gasteiger partial charge in [0, 0.05) is 13.1 Å². The van der Waals surface area contributed by atoms with Crippen LogP contribution in [0, 0.1) is 0 Å². The highest BCUT2D eigenvalue weighted by Gasteiger charge is 2.24. The molecule has 0 radical (unpaired) electrons. The molecule has 2 aliphatic heterocycles. The summed E-state index contributed by atoms with van der Waals surface area (Å²) in [7, 11) is 0. The highest BCUT2D eigenvalue weighted by Crippen LogP contribution is 2.34. The quantitative estimate of drug-likeness (QED) is 0.906. The summed E-state index contributed by atoms with van der Waals surface area (Å²) in [6.45, 7) is 5.72. The second-order valence-corrected chi connectivity index (χ2v) is 5.34. The standard InChI is InChI=1S/C15H20N2O3/c18-15(19)12-4-3-5-13-14(12)20-11-10-17(13)9-8-16-6-1-2-7-16/h3-5H,1-2,6-11H2,(H,18,19). The zero-order valence-corrected chi connectivity index (χ0v) is 11.5. The summed E-state index contributed by atoms with van der Waals surface area (Å²) < 4.78 is 5.58. The van der Waals surface area contributed by atoms with Gasteiger partial charge in [-0.05, 0) is 38.1 Å². The van der Waals surface area contributed by atoms with Gasteiger partial charge < -0.3 is 19.6 Å². The molecule has 0 unspecified atom stereocenters. The van der Waals surface area contributed by atoms with Gasteiger partial charge in [-0.3, -0.25) is 0 Å². The maximum absolute atomic E-state index is 11.2. The van der Waals surface area contributed by atoms with Crippen molar-refractivity contribution in [1.29, 1.82) is 0 Å². The fraction of sp³-hybridized carbons (Fsp3) is 0.533. The number of fused-ring (bicyclic) bond motifs is 1. The summed E-state index contributed by atoms with van der Waals surface area (Å²) >= 11 is 0. The minimum absolute atomic E-state index is 0.258. The average Bonchev–Trinajstić information content (AvgIpc) is 2.97. The number of rotatable bonds is 4. The van der Waals surface area contributed by atoms with E-state index in [1.54, 1.807) is 12.1 Å². The lowest BCUT2D eigenvalue weighted by atomic mass is 10.1. The highest BCUT2D eigenvalue weighted by molar-refractivity contribution is 5.93. The molecule has 5 nitrogen and oxygen atoms in total. The number of benzene rings is 1. The van der Waals surface area contributed by atoms with Crippen molar-refractivity contribution in [1.82, 2.24) is 4.90 Å². The van der Waals surface area contributed by atoms with E-state index >= 15 is 0 Å². The SMILES string of the molecule is O=C(O)c1cccc2c1OCCN2CCN1CCCC1. The molecule has 0 saturated carbocycles. The Morgan fingerprint density at radius 2 is 2.00 bits per heavy atom. The van der Waals surface area contributed by atoms with E-state index < -0.39 is 5.97 Å². The van der Waals surface area contributed by atoms with Crippen molar-refractivity contribution in [3.8, 4) is 5.75 Å². The topological polar surface area (TPSA) is 53.0 Å². The van der Waals surface area contributed by atoms with Crippen LogP contribution in [0.25, 0.3) is 0 Å². The second kappa shape index (κ2) is 5.71. The molecule has 1 saturated heterocycles. The molecule has 0 bridgehead atoms. The molecule has 1 aromatic carbocycles. The fourth-order valence-electron chi connectivity index (χ4n) is 2.97. The first-order chi connectivity index (χ1) is 9.75. The largest absolute Gasteiger partial charge is 0.489 e. The number of nitrogens with zero attached hydrogens (tertiary/aromatic N) is 2. The van der Waals surface area contributed by atoms with Crippen LogP contribution in [0.2, 0.25) is 0 Å². The van der Waals surface area contributed by atoms with Crippen LogP contribution in [0.15, 0.2) is 18.2 Å². The predicted molar refractivity (Wildman–Crippen MR) is 76.8 cm³/mol. The Morgan fingerprint density at radius 1 is 1.20 bits per heavy atom. The van der Waals surface area contributed by atoms with E-state index in [1.807, 2.05) is 6.07 Å². The molecular weight excluding hydrogens is 256 g/mol. The molecule has 20 heavy (non-hydrogen) atoms. The summed E-state index contributed by atoms with van der Waals surface area (Å²) in [6, 6.07) is 5.34. The van der Waals surface area contributed by atoms with Crippen molar-refractivity contribution in [2.24, 2.45) is 0 Å². The number of carbonyl (C=O) groups is 1. The van der Waals surface area contributed by atoms with Crippen LogP contribution >= 0.6 is 0 Å². The number of hydrogen-bond acceptors (Lipinski definition) is 4. The molecule has 0 spiro atoms. The molecule has 108 valence electrons. The number of hydrogen-bond donors (Lipinski definition) is 1. The molecule has 1 N–H and O–H groups in total. The van der Waals surface area contributed by atoms with Crippen molar-refractivity contribution in [2.75, 3.05) is 44.2 Å². The molecule has 2 aliphatic rings. The zero-order valence-electron chi connectivity index (χ0n) is 11.5. The van der Waals surface area contributed by atoms with E-state index in [4.69, 9.17) is 4.74 Å². The third-order valence-electron chi connectivity index (χ3n) is 4.06. The number of carboxylic acids is 1. The van der Waals surface area contributed by atoms with Crippen LogP contribution in [0.3, 0.4) is 0 Å². The third-order valence-corrected chi connectivity index (χ3v) is 4.06. The van der Waals surface area contributed by atoms with E-state index in [1.165, 1.54) is 25.9 Å². The van der Waals surface area contributed by atoms with E-state index in [9.17, 15) is 9.90 Å². The minimum atomic E-state index is -0.928. The smallest absolute Gasteiger partial charge is 0.339 e. The summed E-state index contributed by atoms with van der Waals surface area (Å²) in [6.07, 6.45) is 2.59. The van der Waals surface area contributed by atoms with E-state index in [0.29, 0.717) is 12.4 Å². The molecular formula is C15H20N2O3. The lowest BCUT2D eigenvalue weighted by molar-refractivity contribution is 0.0692. The van der Waals surface area contributed by atoms with Crippen molar-refractivity contribution < 1.29 is 14.6 Å². The van der Waals surface area contributed by atoms with Gasteiger partial charge >= 0.3 is 5.97 Å². The average molecular weight is 276 g/mol. The first-order valence-corrected chi connectivity index (χ1v) is 7.22. The molecule has 5 heteroatoms. The van der Waals surface area contributed by atoms with Crippen LogP contribution in [0.1, 0.15) is 23.2 Å². The van der Waals surface area contributed by atoms with Crippen LogP contribution in [0.5, 0.6) is 5.75 Å². The molecule has 0 atom stereocenters. The van der Waals surface area contributed by atoms with E-state index in [2.05, 4.69) is 9.80 Å². The number of ether oxygens (including phenoxy) is 1. The molecule has 1 aromatic rings. The second-order valence-electron chi connectivity index (χ2n) is 5.34. The number of anilines is 1. The summed E-state index contributed by atoms with van der Waals surface area (Å²) in [5.74, 6) is -0.407. The summed E-state index contributed by atoms with van der Waals surface area (Å²) in [4.78, 5) is 15.9. The van der Waals surface area contributed by atoms with Gasteiger partial charge in [-0.2, -0.15) is 0 Å². The van der Waals surface area contributed by atoms with Gasteiger partial charge in [-0.1, -0.05) is 6.07 Å². The fourth-order valence-corrected chi connectivity index (χ4v) is 2.97. The van der Waals surface area contributed by atoms with Gasteiger partial charge in [-0.15, -0.1) is 0 Å². The maximum atomic E-state index is 11.2. The van der Waals surface area contributed by atoms with Crippen molar-refractivity contribution in [2.45, 2.75) is 12.8 Å². The van der Waals surface area contributed by atoms with Crippen molar-refractivity contribution in [3.05, 3.63) is 23.8 Å². The van der Waals surface area contributed by atoms with Crippen LogP contribution in [0.4, 0.5) is 5.69 Å². The van der Waals surface area contributed by atoms with Crippen LogP contribution < -0.4 is 9.64 Å². The monoisotopic (exact) mass is 276 g/mol. The Kier molecular flexibility index (Phi) is 3.78. The Hall–Kier alpha value is -1.75. The Balaban J connectivity index is 1.75. The predicted octanol–water partition coefficient (Wildman–Crippen LogP) is 1.68. The first kappa shape index (κ1) is 13.2. The Bertz CT molecular complexity index is 498. The zero-order chi connectivity index (χ0) is 13.9. The highest BCUT2D eigenvalue weighted by atomic mass is 16.5. The number of para-hydroxylation sites is 1. The van der Waals surface area contributed by atoms with Gasteiger partial charge in [0.15, 0.2) is 5.75 Å². The van der Waals surface area contributed by atoms with Gasteiger partial charge in [0.2, 0.25) is 0 Å². The molecule has 0 amide bonds. The summed E-state index contributed by atoms with van der Waals surface area (Å²) in [5, 5.41) is 9.22. The van der Waals surface area contributed by atoms with Crippen LogP contribution in [-0.4, -0.2) is 55.3 Å². The van der Waals surface area contributed by atoms with Gasteiger partial charge in [-0.25, -0.2) is 4.79 Å². The Morgan fingerprint density at radius 3 is 2.75 bits per heavy atom. The van der Waals surface area contributed by atoms with Crippen molar-refractivity contribution >= 4 is 11.7 Å². The lowest BCUT2D eigenvalue weighted by Gasteiger charge is -2.33. The van der Waals surface area contributed by atoms with Crippen molar-refractivity contribution in [3.63, 3.8) is 0 Å². The summed E-state index contributed by atoms with van der Waals surface area (Å²) in [5.41, 5.74) is 1.17. The Labute approximate surface area is 118 Å². The van der Waals surface area contributed by atoms with Crippen LogP contribution in [-0.2, 0) is 0 Å². The normalized spacial score (nSPS) is 18.7. The van der Waals surface area contributed by atoms with Gasteiger partial charge in [0.25, 0.3) is 0 Å². The first-order valence-electron chi connectivity index (χ1n) is 7.22. The lowest BCUT2D eigenvalue weighted by Crippen LogP contribution is -2.39. The minimum Gasteiger partial charge on any atom is -0.489 e. The molecule has 2 heterocycles. The molecule has 0 aromatic heterocycles. The number of likely N-dealkylation sites (tertiary alicyclic amines) is 1. The van der Waals surface area contributed by atoms with Gasteiger partial charge in [0.05, 0.1) is 12.2 Å². The third kappa shape index (κ3) is 2.58. The molecule has 1 fully saturated rings. The number of carboxylic acid groups (broad SMARTS) is 1. The van der Waals surface area contributed by atoms with E-state index in [0.717, 1.165) is 25.3 Å². The molecule has 3 rings (SSSR count). The molecule has 0 aliphatic carbocycles.